The first kappa shape index (κ1) is 23.4. The molecule has 0 aromatic heterocycles. The Morgan fingerprint density at radius 2 is 1.74 bits per heavy atom. The fraction of sp³-hybridized carbons (Fsp3) is 0.444. The van der Waals surface area contributed by atoms with Crippen molar-refractivity contribution in [3.05, 3.63) is 59.7 Å². The molecule has 2 saturated heterocycles. The summed E-state index contributed by atoms with van der Waals surface area (Å²) in [5.41, 5.74) is 3.57. The summed E-state index contributed by atoms with van der Waals surface area (Å²) in [6.07, 6.45) is -0.954. The van der Waals surface area contributed by atoms with E-state index in [0.717, 1.165) is 22.3 Å². The van der Waals surface area contributed by atoms with Gasteiger partial charge in [0.2, 0.25) is 0 Å². The van der Waals surface area contributed by atoms with Crippen LogP contribution in [0.25, 0.3) is 11.1 Å². The molecule has 0 saturated carbocycles. The lowest BCUT2D eigenvalue weighted by molar-refractivity contribution is -0.149. The average molecular weight is 479 g/mol. The number of alkyl carbamates (subject to hydrolysis) is 1. The third-order valence-electron chi connectivity index (χ3n) is 7.88. The van der Waals surface area contributed by atoms with Crippen molar-refractivity contribution in [3.63, 3.8) is 0 Å². The molecule has 2 fully saturated rings. The van der Waals surface area contributed by atoms with Crippen molar-refractivity contribution in [2.45, 2.75) is 38.3 Å². The molecule has 2 N–H and O–H groups in total. The van der Waals surface area contributed by atoms with Crippen molar-refractivity contribution in [2.24, 2.45) is 11.3 Å². The number of likely N-dealkylation sites (tertiary alicyclic amines) is 1. The highest BCUT2D eigenvalue weighted by Gasteiger charge is 2.50. The molecule has 2 amide bonds. The largest absolute Gasteiger partial charge is 0.481 e. The third kappa shape index (κ3) is 4.05. The van der Waals surface area contributed by atoms with Crippen LogP contribution in [-0.2, 0) is 19.1 Å². The van der Waals surface area contributed by atoms with Crippen LogP contribution >= 0.6 is 0 Å². The number of amides is 2. The summed E-state index contributed by atoms with van der Waals surface area (Å²) in [4.78, 5) is 39.1. The van der Waals surface area contributed by atoms with Crippen LogP contribution < -0.4 is 5.32 Å². The van der Waals surface area contributed by atoms with E-state index in [0.29, 0.717) is 19.6 Å². The zero-order valence-electron chi connectivity index (χ0n) is 19.9. The van der Waals surface area contributed by atoms with Crippen LogP contribution in [0, 0.1) is 11.3 Å². The molecule has 2 unspecified atom stereocenters. The molecule has 184 valence electrons. The highest BCUT2D eigenvalue weighted by Crippen LogP contribution is 2.44. The Morgan fingerprint density at radius 1 is 1.11 bits per heavy atom. The van der Waals surface area contributed by atoms with Gasteiger partial charge in [-0.25, -0.2) is 4.79 Å². The van der Waals surface area contributed by atoms with E-state index in [4.69, 9.17) is 9.47 Å². The number of benzene rings is 2. The minimum atomic E-state index is -0.996. The summed E-state index contributed by atoms with van der Waals surface area (Å²) in [6, 6.07) is 15.7. The Bertz CT molecular complexity index is 1120. The standard InChI is InChI=1S/C27H30N2O6/c1-16-13-29(15-27(16,2)25(31)32)24(30)23-22(11-12-34-23)28-26(33)35-14-21-19-9-5-3-7-17(19)18-8-4-6-10-20(18)21/h3-10,16,21-23H,11-15H2,1-2H3,(H,28,33)(H,31,32)/t16?,22-,23+,27?/m0/s1. The molecule has 1 aliphatic carbocycles. The topological polar surface area (TPSA) is 105 Å². The van der Waals surface area contributed by atoms with Gasteiger partial charge in [-0.1, -0.05) is 55.5 Å². The predicted octanol–water partition coefficient (Wildman–Crippen LogP) is 3.25. The number of carbonyl (C=O) groups excluding carboxylic acids is 2. The van der Waals surface area contributed by atoms with Gasteiger partial charge in [0.1, 0.15) is 6.61 Å². The van der Waals surface area contributed by atoms with E-state index in [1.54, 1.807) is 11.8 Å². The van der Waals surface area contributed by atoms with Gasteiger partial charge in [-0.05, 0) is 41.5 Å². The Hall–Kier alpha value is -3.39. The molecule has 2 aliphatic heterocycles. The first-order chi connectivity index (χ1) is 16.8. The molecule has 0 spiro atoms. The monoisotopic (exact) mass is 478 g/mol. The highest BCUT2D eigenvalue weighted by molar-refractivity contribution is 5.85. The van der Waals surface area contributed by atoms with Crippen molar-refractivity contribution in [1.29, 1.82) is 0 Å². The van der Waals surface area contributed by atoms with Gasteiger partial charge >= 0.3 is 12.1 Å². The predicted molar refractivity (Wildman–Crippen MR) is 128 cm³/mol. The molecule has 3 aliphatic rings. The molecule has 35 heavy (non-hydrogen) atoms. The van der Waals surface area contributed by atoms with Crippen LogP contribution in [0.5, 0.6) is 0 Å². The molecule has 2 heterocycles. The molecule has 8 heteroatoms. The van der Waals surface area contributed by atoms with E-state index in [2.05, 4.69) is 29.6 Å². The lowest BCUT2D eigenvalue weighted by Crippen LogP contribution is -2.49. The van der Waals surface area contributed by atoms with Crippen LogP contribution in [0.3, 0.4) is 0 Å². The number of ether oxygens (including phenoxy) is 2. The summed E-state index contributed by atoms with van der Waals surface area (Å²) < 4.78 is 11.3. The number of fused-ring (bicyclic) bond motifs is 3. The van der Waals surface area contributed by atoms with Crippen LogP contribution in [0.2, 0.25) is 0 Å². The Balaban J connectivity index is 1.21. The fourth-order valence-corrected chi connectivity index (χ4v) is 5.55. The maximum Gasteiger partial charge on any atom is 0.407 e. The third-order valence-corrected chi connectivity index (χ3v) is 7.88. The number of rotatable bonds is 5. The number of hydrogen-bond acceptors (Lipinski definition) is 5. The summed E-state index contributed by atoms with van der Waals surface area (Å²) in [5.74, 6) is -1.44. The molecule has 2 aromatic carbocycles. The number of hydrogen-bond donors (Lipinski definition) is 2. The van der Waals surface area contributed by atoms with Gasteiger partial charge in [-0.2, -0.15) is 0 Å². The van der Waals surface area contributed by atoms with Crippen molar-refractivity contribution < 1.29 is 29.0 Å². The van der Waals surface area contributed by atoms with E-state index in [-0.39, 0.29) is 30.9 Å². The maximum atomic E-state index is 13.2. The van der Waals surface area contributed by atoms with E-state index in [9.17, 15) is 19.5 Å². The maximum absolute atomic E-state index is 13.2. The van der Waals surface area contributed by atoms with Crippen LogP contribution in [0.15, 0.2) is 48.5 Å². The number of nitrogens with one attached hydrogen (secondary N) is 1. The number of nitrogens with zero attached hydrogens (tertiary/aromatic N) is 1. The minimum absolute atomic E-state index is 0.0507. The Morgan fingerprint density at radius 3 is 2.34 bits per heavy atom. The van der Waals surface area contributed by atoms with E-state index in [1.807, 2.05) is 31.2 Å². The van der Waals surface area contributed by atoms with Gasteiger partial charge in [-0.15, -0.1) is 0 Å². The quantitative estimate of drug-likeness (QED) is 0.684. The smallest absolute Gasteiger partial charge is 0.407 e. The van der Waals surface area contributed by atoms with Gasteiger partial charge in [0, 0.05) is 25.6 Å². The molecule has 8 nitrogen and oxygen atoms in total. The lowest BCUT2D eigenvalue weighted by atomic mass is 9.81. The molecular weight excluding hydrogens is 448 g/mol. The summed E-state index contributed by atoms with van der Waals surface area (Å²) in [6.45, 7) is 4.49. The van der Waals surface area contributed by atoms with E-state index >= 15 is 0 Å². The Kier molecular flexibility index (Phi) is 6.01. The molecule has 0 radical (unpaired) electrons. The summed E-state index contributed by atoms with van der Waals surface area (Å²) in [5, 5.41) is 12.4. The fourth-order valence-electron chi connectivity index (χ4n) is 5.55. The minimum Gasteiger partial charge on any atom is -0.481 e. The second-order valence-corrected chi connectivity index (χ2v) is 10.00. The van der Waals surface area contributed by atoms with Gasteiger partial charge < -0.3 is 24.8 Å². The first-order valence-electron chi connectivity index (χ1n) is 12.0. The number of carboxylic acids is 1. The second-order valence-electron chi connectivity index (χ2n) is 10.00. The van der Waals surface area contributed by atoms with Crippen LogP contribution in [0.1, 0.15) is 37.3 Å². The molecular formula is C27H30N2O6. The van der Waals surface area contributed by atoms with Crippen molar-refractivity contribution in [2.75, 3.05) is 26.3 Å². The van der Waals surface area contributed by atoms with E-state index < -0.39 is 29.6 Å². The highest BCUT2D eigenvalue weighted by atomic mass is 16.6. The number of carboxylic acid groups (broad SMARTS) is 1. The zero-order chi connectivity index (χ0) is 24.7. The van der Waals surface area contributed by atoms with Gasteiger partial charge in [0.15, 0.2) is 6.10 Å². The van der Waals surface area contributed by atoms with Gasteiger partial charge in [0.05, 0.1) is 11.5 Å². The second kappa shape index (κ2) is 9.00. The lowest BCUT2D eigenvalue weighted by Gasteiger charge is -2.26. The normalized spacial score (nSPS) is 27.4. The molecule has 2 aromatic rings. The zero-order valence-corrected chi connectivity index (χ0v) is 19.9. The van der Waals surface area contributed by atoms with E-state index in [1.165, 1.54) is 0 Å². The van der Waals surface area contributed by atoms with Crippen molar-refractivity contribution in [3.8, 4) is 11.1 Å². The summed E-state index contributed by atoms with van der Waals surface area (Å²) in [7, 11) is 0. The summed E-state index contributed by atoms with van der Waals surface area (Å²) >= 11 is 0. The molecule has 0 bridgehead atoms. The Labute approximate surface area is 204 Å². The van der Waals surface area contributed by atoms with Crippen LogP contribution in [0.4, 0.5) is 4.79 Å². The number of carbonyl (C=O) groups is 3. The SMILES string of the molecule is CC1CN(C(=O)[C@@H]2OCC[C@@H]2NC(=O)OCC2c3ccccc3-c3ccccc32)CC1(C)C(=O)O. The van der Waals surface area contributed by atoms with Gasteiger partial charge in [0.25, 0.3) is 5.91 Å². The molecule has 4 atom stereocenters. The average Bonchev–Trinajstić information content (AvgIpc) is 3.52. The van der Waals surface area contributed by atoms with Crippen LogP contribution in [-0.4, -0.2) is 66.4 Å². The first-order valence-corrected chi connectivity index (χ1v) is 12.0. The van der Waals surface area contributed by atoms with Crippen molar-refractivity contribution >= 4 is 18.0 Å². The van der Waals surface area contributed by atoms with Gasteiger partial charge in [-0.3, -0.25) is 9.59 Å². The molecule has 5 rings (SSSR count). The van der Waals surface area contributed by atoms with Crippen molar-refractivity contribution in [1.82, 2.24) is 10.2 Å². The number of aliphatic carboxylic acids is 1.